The number of rotatable bonds is 0. The first kappa shape index (κ1) is 7.03. The maximum Gasteiger partial charge on any atom is 0.0656 e. The van der Waals surface area contributed by atoms with Crippen LogP contribution in [0.5, 0.6) is 0 Å². The standard InChI is InChI=1S/C7H12NP/c8-5-6-2-1-3-7(9)4-6/h6-7H,1-4,9H2. The van der Waals surface area contributed by atoms with Crippen LogP contribution in [0.25, 0.3) is 0 Å². The van der Waals surface area contributed by atoms with Gasteiger partial charge in [-0.15, -0.1) is 9.24 Å². The van der Waals surface area contributed by atoms with Gasteiger partial charge in [0.2, 0.25) is 0 Å². The maximum atomic E-state index is 8.55. The van der Waals surface area contributed by atoms with Gasteiger partial charge in [-0.2, -0.15) is 5.26 Å². The van der Waals surface area contributed by atoms with Crippen LogP contribution in [0.15, 0.2) is 0 Å². The van der Waals surface area contributed by atoms with Gasteiger partial charge in [-0.1, -0.05) is 6.42 Å². The highest BCUT2D eigenvalue weighted by atomic mass is 31.0. The van der Waals surface area contributed by atoms with Crippen molar-refractivity contribution in [2.24, 2.45) is 5.92 Å². The molecule has 0 radical (unpaired) electrons. The van der Waals surface area contributed by atoms with Crippen LogP contribution in [0.3, 0.4) is 0 Å². The van der Waals surface area contributed by atoms with Gasteiger partial charge >= 0.3 is 0 Å². The van der Waals surface area contributed by atoms with Crippen molar-refractivity contribution in [3.8, 4) is 6.07 Å². The Morgan fingerprint density at radius 2 is 2.22 bits per heavy atom. The third kappa shape index (κ3) is 1.95. The Morgan fingerprint density at radius 3 is 2.67 bits per heavy atom. The van der Waals surface area contributed by atoms with Gasteiger partial charge in [0.05, 0.1) is 6.07 Å². The van der Waals surface area contributed by atoms with E-state index in [1.54, 1.807) is 0 Å². The minimum absolute atomic E-state index is 0.348. The molecule has 1 rings (SSSR count). The second-order valence-corrected chi connectivity index (χ2v) is 3.70. The van der Waals surface area contributed by atoms with E-state index < -0.39 is 0 Å². The zero-order chi connectivity index (χ0) is 6.69. The summed E-state index contributed by atoms with van der Waals surface area (Å²) in [6, 6.07) is 2.32. The summed E-state index contributed by atoms with van der Waals surface area (Å²) in [4.78, 5) is 0. The Labute approximate surface area is 58.6 Å². The highest BCUT2D eigenvalue weighted by molar-refractivity contribution is 7.17. The monoisotopic (exact) mass is 141 g/mol. The van der Waals surface area contributed by atoms with Gasteiger partial charge in [0.15, 0.2) is 0 Å². The average molecular weight is 141 g/mol. The molecule has 1 aliphatic rings. The molecular weight excluding hydrogens is 129 g/mol. The largest absolute Gasteiger partial charge is 0.198 e. The summed E-state index contributed by atoms with van der Waals surface area (Å²) in [5, 5.41) is 8.55. The van der Waals surface area contributed by atoms with E-state index in [0.29, 0.717) is 11.6 Å². The first-order valence-electron chi connectivity index (χ1n) is 3.48. The molecule has 2 heteroatoms. The molecule has 1 aliphatic carbocycles. The van der Waals surface area contributed by atoms with Crippen molar-refractivity contribution in [1.29, 1.82) is 5.26 Å². The number of hydrogen-bond donors (Lipinski definition) is 0. The minimum Gasteiger partial charge on any atom is -0.198 e. The summed E-state index contributed by atoms with van der Waals surface area (Å²) in [7, 11) is 2.81. The topological polar surface area (TPSA) is 23.8 Å². The Morgan fingerprint density at radius 1 is 1.44 bits per heavy atom. The minimum atomic E-state index is 0.348. The molecule has 50 valence electrons. The van der Waals surface area contributed by atoms with Crippen LogP contribution in [0, 0.1) is 17.2 Å². The SMILES string of the molecule is N#CC1CCCC(P)C1. The van der Waals surface area contributed by atoms with Crippen LogP contribution in [-0.4, -0.2) is 5.66 Å². The lowest BCUT2D eigenvalue weighted by Gasteiger charge is -2.20. The molecule has 0 heterocycles. The Hall–Kier alpha value is -0.0800. The zero-order valence-electron chi connectivity index (χ0n) is 5.51. The van der Waals surface area contributed by atoms with Crippen LogP contribution in [0.1, 0.15) is 25.7 Å². The average Bonchev–Trinajstić information content (AvgIpc) is 1.88. The predicted molar refractivity (Wildman–Crippen MR) is 41.1 cm³/mol. The van der Waals surface area contributed by atoms with Gasteiger partial charge in [-0.25, -0.2) is 0 Å². The third-order valence-electron chi connectivity index (χ3n) is 1.90. The highest BCUT2D eigenvalue weighted by Gasteiger charge is 2.17. The molecule has 0 aromatic carbocycles. The lowest BCUT2D eigenvalue weighted by Crippen LogP contribution is -2.12. The van der Waals surface area contributed by atoms with E-state index in [1.807, 2.05) is 0 Å². The molecule has 1 saturated carbocycles. The molecule has 0 saturated heterocycles. The fraction of sp³-hybridized carbons (Fsp3) is 0.857. The van der Waals surface area contributed by atoms with Gasteiger partial charge in [-0.3, -0.25) is 0 Å². The first-order chi connectivity index (χ1) is 4.33. The Balaban J connectivity index is 2.34. The fourth-order valence-electron chi connectivity index (χ4n) is 1.34. The third-order valence-corrected chi connectivity index (χ3v) is 2.50. The van der Waals surface area contributed by atoms with Crippen molar-refractivity contribution in [1.82, 2.24) is 0 Å². The summed E-state index contributed by atoms with van der Waals surface area (Å²) in [5.41, 5.74) is 0.711. The Bertz CT molecular complexity index is 127. The molecule has 0 N–H and O–H groups in total. The van der Waals surface area contributed by atoms with Crippen molar-refractivity contribution >= 4 is 9.24 Å². The van der Waals surface area contributed by atoms with E-state index in [1.165, 1.54) is 12.8 Å². The lowest BCUT2D eigenvalue weighted by atomic mass is 9.90. The summed E-state index contributed by atoms with van der Waals surface area (Å²) in [6.45, 7) is 0. The zero-order valence-corrected chi connectivity index (χ0v) is 6.66. The molecule has 0 amide bonds. The molecule has 0 aromatic rings. The van der Waals surface area contributed by atoms with Crippen LogP contribution < -0.4 is 0 Å². The number of nitriles is 1. The van der Waals surface area contributed by atoms with Crippen molar-refractivity contribution < 1.29 is 0 Å². The van der Waals surface area contributed by atoms with Crippen molar-refractivity contribution in [3.63, 3.8) is 0 Å². The van der Waals surface area contributed by atoms with E-state index in [9.17, 15) is 0 Å². The van der Waals surface area contributed by atoms with Crippen LogP contribution in [-0.2, 0) is 0 Å². The molecule has 0 aromatic heterocycles. The smallest absolute Gasteiger partial charge is 0.0656 e. The molecule has 0 bridgehead atoms. The number of hydrogen-bond acceptors (Lipinski definition) is 1. The molecular formula is C7H12NP. The van der Waals surface area contributed by atoms with Gasteiger partial charge in [0.25, 0.3) is 0 Å². The van der Waals surface area contributed by atoms with Crippen molar-refractivity contribution in [2.75, 3.05) is 0 Å². The summed E-state index contributed by atoms with van der Waals surface area (Å²) < 4.78 is 0. The maximum absolute atomic E-state index is 8.55. The summed E-state index contributed by atoms with van der Waals surface area (Å²) >= 11 is 0. The first-order valence-corrected chi connectivity index (χ1v) is 4.15. The van der Waals surface area contributed by atoms with Gasteiger partial charge in [-0.05, 0) is 24.9 Å². The highest BCUT2D eigenvalue weighted by Crippen LogP contribution is 2.28. The van der Waals surface area contributed by atoms with Gasteiger partial charge in [0, 0.05) is 5.92 Å². The molecule has 1 nitrogen and oxygen atoms in total. The van der Waals surface area contributed by atoms with Crippen molar-refractivity contribution in [2.45, 2.75) is 31.3 Å². The van der Waals surface area contributed by atoms with E-state index in [-0.39, 0.29) is 0 Å². The summed E-state index contributed by atoms with van der Waals surface area (Å²) in [5.74, 6) is 0.348. The normalized spacial score (nSPS) is 35.6. The second kappa shape index (κ2) is 3.18. The number of nitrogens with zero attached hydrogens (tertiary/aromatic N) is 1. The quantitative estimate of drug-likeness (QED) is 0.473. The van der Waals surface area contributed by atoms with Crippen LogP contribution >= 0.6 is 9.24 Å². The molecule has 0 spiro atoms. The van der Waals surface area contributed by atoms with Crippen LogP contribution in [0.2, 0.25) is 0 Å². The molecule has 9 heavy (non-hydrogen) atoms. The molecule has 3 unspecified atom stereocenters. The fourth-order valence-corrected chi connectivity index (χ4v) is 1.91. The Kier molecular flexibility index (Phi) is 2.49. The summed E-state index contributed by atoms with van der Waals surface area (Å²) in [6.07, 6.45) is 4.76. The predicted octanol–water partition coefficient (Wildman–Crippen LogP) is 1.94. The van der Waals surface area contributed by atoms with E-state index in [4.69, 9.17) is 5.26 Å². The van der Waals surface area contributed by atoms with E-state index in [2.05, 4.69) is 15.3 Å². The molecule has 1 fully saturated rings. The lowest BCUT2D eigenvalue weighted by molar-refractivity contribution is 0.437. The van der Waals surface area contributed by atoms with Gasteiger partial charge < -0.3 is 0 Å². The van der Waals surface area contributed by atoms with E-state index >= 15 is 0 Å². The van der Waals surface area contributed by atoms with E-state index in [0.717, 1.165) is 12.8 Å². The van der Waals surface area contributed by atoms with Gasteiger partial charge in [0.1, 0.15) is 0 Å². The molecule has 0 aliphatic heterocycles. The second-order valence-electron chi connectivity index (χ2n) is 2.75. The van der Waals surface area contributed by atoms with Crippen LogP contribution in [0.4, 0.5) is 0 Å². The molecule has 3 atom stereocenters. The van der Waals surface area contributed by atoms with Crippen molar-refractivity contribution in [3.05, 3.63) is 0 Å².